The first-order valence-electron chi connectivity index (χ1n) is 4.89. The van der Waals surface area contributed by atoms with E-state index in [-0.39, 0.29) is 17.4 Å². The van der Waals surface area contributed by atoms with Crippen molar-refractivity contribution in [2.75, 3.05) is 16.8 Å². The second-order valence-corrected chi connectivity index (χ2v) is 8.20. The predicted molar refractivity (Wildman–Crippen MR) is 68.3 cm³/mol. The third kappa shape index (κ3) is 2.07. The quantitative estimate of drug-likeness (QED) is 0.904. The van der Waals surface area contributed by atoms with E-state index in [0.717, 1.165) is 9.53 Å². The Labute approximate surface area is 105 Å². The van der Waals surface area contributed by atoms with Crippen molar-refractivity contribution in [3.8, 4) is 0 Å². The van der Waals surface area contributed by atoms with Crippen molar-refractivity contribution in [3.63, 3.8) is 0 Å². The summed E-state index contributed by atoms with van der Waals surface area (Å²) in [5.74, 6) is -0.750. The normalized spacial score (nSPS) is 19.1. The minimum atomic E-state index is -2.96. The van der Waals surface area contributed by atoms with Crippen molar-refractivity contribution >= 4 is 53.1 Å². The molecular formula is C9H8N2O3S3. The summed E-state index contributed by atoms with van der Waals surface area (Å²) >= 11 is 2.98. The molecule has 0 saturated carbocycles. The second kappa shape index (κ2) is 3.76. The van der Waals surface area contributed by atoms with Crippen LogP contribution in [0.25, 0.3) is 9.53 Å². The zero-order valence-electron chi connectivity index (χ0n) is 8.54. The van der Waals surface area contributed by atoms with Crippen LogP contribution in [0.1, 0.15) is 0 Å². The fourth-order valence-electron chi connectivity index (χ4n) is 1.64. The molecule has 1 saturated heterocycles. The van der Waals surface area contributed by atoms with Gasteiger partial charge < -0.3 is 5.32 Å². The molecule has 0 aliphatic carbocycles. The molecule has 1 N–H and O–H groups in total. The van der Waals surface area contributed by atoms with E-state index in [4.69, 9.17) is 0 Å². The number of amides is 1. The highest BCUT2D eigenvalue weighted by molar-refractivity contribution is 7.92. The molecule has 90 valence electrons. The lowest BCUT2D eigenvalue weighted by molar-refractivity contribution is -0.119. The van der Waals surface area contributed by atoms with Crippen LogP contribution in [-0.4, -0.2) is 30.8 Å². The maximum atomic E-state index is 11.7. The Kier molecular flexibility index (Phi) is 2.46. The zero-order chi connectivity index (χ0) is 12.0. The Morgan fingerprint density at radius 1 is 1.47 bits per heavy atom. The van der Waals surface area contributed by atoms with Gasteiger partial charge in [0.2, 0.25) is 5.91 Å². The van der Waals surface area contributed by atoms with Crippen LogP contribution < -0.4 is 5.32 Å². The molecule has 1 fully saturated rings. The largest absolute Gasteiger partial charge is 0.302 e. The summed E-state index contributed by atoms with van der Waals surface area (Å²) in [6.07, 6.45) is 0. The van der Waals surface area contributed by atoms with E-state index in [0.29, 0.717) is 5.13 Å². The monoisotopic (exact) mass is 288 g/mol. The van der Waals surface area contributed by atoms with E-state index in [9.17, 15) is 13.2 Å². The van der Waals surface area contributed by atoms with Crippen LogP contribution in [0.15, 0.2) is 11.4 Å². The van der Waals surface area contributed by atoms with Gasteiger partial charge in [0, 0.05) is 0 Å². The molecule has 0 aromatic carbocycles. The highest BCUT2D eigenvalue weighted by atomic mass is 32.2. The number of rotatable bonds is 2. The molecule has 2 aromatic rings. The van der Waals surface area contributed by atoms with Gasteiger partial charge >= 0.3 is 0 Å². The van der Waals surface area contributed by atoms with Crippen LogP contribution in [-0.2, 0) is 14.6 Å². The lowest BCUT2D eigenvalue weighted by Gasteiger charge is -2.23. The Morgan fingerprint density at radius 2 is 2.24 bits per heavy atom. The molecule has 0 atom stereocenters. The van der Waals surface area contributed by atoms with Gasteiger partial charge in [0.1, 0.15) is 4.01 Å². The molecule has 5 nitrogen and oxygen atoms in total. The van der Waals surface area contributed by atoms with E-state index in [1.165, 1.54) is 11.3 Å². The molecule has 0 radical (unpaired) electrons. The van der Waals surface area contributed by atoms with Gasteiger partial charge in [-0.15, -0.1) is 11.3 Å². The van der Waals surface area contributed by atoms with Gasteiger partial charge in [-0.1, -0.05) is 11.3 Å². The maximum absolute atomic E-state index is 11.7. The third-order valence-electron chi connectivity index (χ3n) is 2.53. The van der Waals surface area contributed by atoms with Crippen molar-refractivity contribution < 1.29 is 13.2 Å². The topological polar surface area (TPSA) is 76.1 Å². The number of hydrogen-bond donors (Lipinski definition) is 1. The number of hydrogen-bond acceptors (Lipinski definition) is 6. The van der Waals surface area contributed by atoms with Crippen LogP contribution in [0.5, 0.6) is 0 Å². The van der Waals surface area contributed by atoms with Crippen LogP contribution in [0, 0.1) is 5.92 Å². The fourth-order valence-corrected chi connectivity index (χ4v) is 4.92. The van der Waals surface area contributed by atoms with Gasteiger partial charge in [-0.2, -0.15) is 0 Å². The van der Waals surface area contributed by atoms with Gasteiger partial charge in [-0.3, -0.25) is 4.79 Å². The molecule has 2 aromatic heterocycles. The number of carbonyl (C=O) groups is 1. The Morgan fingerprint density at radius 3 is 2.88 bits per heavy atom. The molecule has 0 bridgehead atoms. The lowest BCUT2D eigenvalue weighted by atomic mass is 10.2. The minimum Gasteiger partial charge on any atom is -0.302 e. The van der Waals surface area contributed by atoms with Crippen molar-refractivity contribution in [2.45, 2.75) is 0 Å². The molecule has 1 amide bonds. The summed E-state index contributed by atoms with van der Waals surface area (Å²) in [4.78, 5) is 15.9. The smallest absolute Gasteiger partial charge is 0.231 e. The van der Waals surface area contributed by atoms with Gasteiger partial charge in [0.25, 0.3) is 0 Å². The van der Waals surface area contributed by atoms with Gasteiger partial charge in [-0.25, -0.2) is 13.4 Å². The van der Waals surface area contributed by atoms with E-state index in [1.54, 1.807) is 11.3 Å². The standard InChI is InChI=1S/C9H8N2O3S3/c12-7(5-3-17(13,14)4-5)11-9-10-6-1-2-15-8(6)16-9/h1-2,5H,3-4H2,(H,10,11,12). The zero-order valence-corrected chi connectivity index (χ0v) is 11.0. The van der Waals surface area contributed by atoms with Crippen LogP contribution in [0.2, 0.25) is 0 Å². The average molecular weight is 288 g/mol. The van der Waals surface area contributed by atoms with Crippen molar-refractivity contribution in [3.05, 3.63) is 11.4 Å². The highest BCUT2D eigenvalue weighted by Gasteiger charge is 2.38. The second-order valence-electron chi connectivity index (χ2n) is 3.88. The summed E-state index contributed by atoms with van der Waals surface area (Å²) < 4.78 is 23.0. The molecule has 8 heteroatoms. The van der Waals surface area contributed by atoms with E-state index in [2.05, 4.69) is 10.3 Å². The molecule has 1 aliphatic heterocycles. The van der Waals surface area contributed by atoms with Crippen molar-refractivity contribution in [2.24, 2.45) is 5.92 Å². The van der Waals surface area contributed by atoms with Crippen LogP contribution in [0.4, 0.5) is 5.13 Å². The molecule has 17 heavy (non-hydrogen) atoms. The van der Waals surface area contributed by atoms with Crippen LogP contribution >= 0.6 is 22.7 Å². The molecule has 0 unspecified atom stereocenters. The molecule has 3 rings (SSSR count). The maximum Gasteiger partial charge on any atom is 0.231 e. The molecular weight excluding hydrogens is 280 g/mol. The summed E-state index contributed by atoms with van der Waals surface area (Å²) in [5.41, 5.74) is 0.872. The SMILES string of the molecule is O=C(Nc1nc2ccsc2s1)C1CS(=O)(=O)C1. The number of thiophene rings is 1. The van der Waals surface area contributed by atoms with E-state index < -0.39 is 15.8 Å². The number of nitrogens with zero attached hydrogens (tertiary/aromatic N) is 1. The summed E-state index contributed by atoms with van der Waals surface area (Å²) in [5, 5.41) is 5.15. The fraction of sp³-hybridized carbons (Fsp3) is 0.333. The number of carbonyl (C=O) groups excluding carboxylic acids is 1. The Hall–Kier alpha value is -0.990. The number of sulfone groups is 1. The van der Waals surface area contributed by atoms with E-state index in [1.807, 2.05) is 11.4 Å². The number of thiazole rings is 1. The predicted octanol–water partition coefficient (Wildman–Crippen LogP) is 1.34. The van der Waals surface area contributed by atoms with Crippen LogP contribution in [0.3, 0.4) is 0 Å². The molecule has 3 heterocycles. The number of fused-ring (bicyclic) bond motifs is 1. The highest BCUT2D eigenvalue weighted by Crippen LogP contribution is 2.31. The van der Waals surface area contributed by atoms with Crippen molar-refractivity contribution in [1.29, 1.82) is 0 Å². The van der Waals surface area contributed by atoms with E-state index >= 15 is 0 Å². The van der Waals surface area contributed by atoms with Gasteiger partial charge in [0.15, 0.2) is 15.0 Å². The summed E-state index contributed by atoms with van der Waals surface area (Å²) in [6, 6.07) is 1.89. The minimum absolute atomic E-state index is 0.0431. The Bertz CT molecular complexity index is 645. The average Bonchev–Trinajstić information content (AvgIpc) is 2.73. The molecule has 1 aliphatic rings. The summed E-state index contributed by atoms with van der Waals surface area (Å²) in [7, 11) is -2.96. The number of anilines is 1. The van der Waals surface area contributed by atoms with Crippen molar-refractivity contribution in [1.82, 2.24) is 4.98 Å². The summed E-state index contributed by atoms with van der Waals surface area (Å²) in [6.45, 7) is 0. The first-order valence-corrected chi connectivity index (χ1v) is 8.40. The number of aromatic nitrogens is 1. The first-order chi connectivity index (χ1) is 8.03. The first kappa shape index (κ1) is 11.1. The third-order valence-corrected chi connectivity index (χ3v) is 6.37. The van der Waals surface area contributed by atoms with Gasteiger partial charge in [0.05, 0.1) is 22.9 Å². The number of nitrogens with one attached hydrogen (secondary N) is 1. The molecule has 0 spiro atoms. The van der Waals surface area contributed by atoms with Gasteiger partial charge in [-0.05, 0) is 11.4 Å². The Balaban J connectivity index is 1.71. The lowest BCUT2D eigenvalue weighted by Crippen LogP contribution is -2.44.